The largest absolute Gasteiger partial charge is 0.336 e. The Balaban J connectivity index is 2.18. The molecule has 0 spiro atoms. The molecule has 0 atom stereocenters. The molecule has 80 valence electrons. The van der Waals surface area contributed by atoms with E-state index in [0.717, 1.165) is 29.4 Å². The summed E-state index contributed by atoms with van der Waals surface area (Å²) in [6, 6.07) is 8.08. The van der Waals surface area contributed by atoms with Gasteiger partial charge in [0.05, 0.1) is 0 Å². The van der Waals surface area contributed by atoms with Crippen molar-refractivity contribution in [1.82, 2.24) is 4.90 Å². The smallest absolute Gasteiger partial charge is 0.254 e. The van der Waals surface area contributed by atoms with Crippen molar-refractivity contribution < 1.29 is 4.79 Å². The fourth-order valence-corrected chi connectivity index (χ4v) is 2.14. The Kier molecular flexibility index (Phi) is 3.10. The van der Waals surface area contributed by atoms with Crippen molar-refractivity contribution in [3.8, 4) is 0 Å². The van der Waals surface area contributed by atoms with E-state index >= 15 is 0 Å². The first-order valence-corrected chi connectivity index (χ1v) is 6.08. The molecule has 1 fully saturated rings. The second kappa shape index (κ2) is 4.35. The zero-order valence-corrected chi connectivity index (χ0v) is 10.3. The number of halogens is 1. The molecule has 0 radical (unpaired) electrons. The molecule has 1 aromatic carbocycles. The van der Waals surface area contributed by atoms with Crippen LogP contribution in [0.5, 0.6) is 0 Å². The van der Waals surface area contributed by atoms with Crippen molar-refractivity contribution in [3.05, 3.63) is 34.3 Å². The highest BCUT2D eigenvalue weighted by molar-refractivity contribution is 9.10. The first-order valence-electron chi connectivity index (χ1n) is 5.29. The van der Waals surface area contributed by atoms with E-state index in [2.05, 4.69) is 15.9 Å². The summed E-state index contributed by atoms with van der Waals surface area (Å²) in [6.07, 6.45) is 2.32. The van der Waals surface area contributed by atoms with Crippen molar-refractivity contribution in [2.24, 2.45) is 0 Å². The maximum Gasteiger partial charge on any atom is 0.254 e. The third kappa shape index (κ3) is 2.40. The maximum absolute atomic E-state index is 12.1. The van der Waals surface area contributed by atoms with Crippen LogP contribution < -0.4 is 0 Å². The second-order valence-corrected chi connectivity index (χ2v) is 4.75. The van der Waals surface area contributed by atoms with E-state index in [0.29, 0.717) is 6.04 Å². The molecular formula is C12H14BrNO. The second-order valence-electron chi connectivity index (χ2n) is 3.83. The number of hydrogen-bond donors (Lipinski definition) is 0. The van der Waals surface area contributed by atoms with Crippen LogP contribution in [0.15, 0.2) is 28.7 Å². The molecule has 0 heterocycles. The van der Waals surface area contributed by atoms with Crippen molar-refractivity contribution >= 4 is 21.8 Å². The van der Waals surface area contributed by atoms with E-state index < -0.39 is 0 Å². The standard InChI is InChI=1S/C12H14BrNO/c1-2-14(11-6-7-11)12(15)9-4-3-5-10(13)8-9/h3-5,8,11H,2,6-7H2,1H3. The lowest BCUT2D eigenvalue weighted by Gasteiger charge is -2.20. The van der Waals surface area contributed by atoms with Crippen molar-refractivity contribution in [2.45, 2.75) is 25.8 Å². The highest BCUT2D eigenvalue weighted by atomic mass is 79.9. The van der Waals surface area contributed by atoms with Gasteiger partial charge in [-0.05, 0) is 38.0 Å². The van der Waals surface area contributed by atoms with Crippen LogP contribution in [0, 0.1) is 0 Å². The highest BCUT2D eigenvalue weighted by Gasteiger charge is 2.31. The summed E-state index contributed by atoms with van der Waals surface area (Å²) in [7, 11) is 0. The molecular weight excluding hydrogens is 254 g/mol. The highest BCUT2D eigenvalue weighted by Crippen LogP contribution is 2.28. The third-order valence-corrected chi connectivity index (χ3v) is 3.15. The number of amides is 1. The molecule has 1 aliphatic carbocycles. The Morgan fingerprint density at radius 2 is 2.27 bits per heavy atom. The zero-order valence-electron chi connectivity index (χ0n) is 8.74. The number of benzene rings is 1. The van der Waals surface area contributed by atoms with Crippen LogP contribution >= 0.6 is 15.9 Å². The van der Waals surface area contributed by atoms with Crippen LogP contribution in [0.1, 0.15) is 30.1 Å². The van der Waals surface area contributed by atoms with Gasteiger partial charge in [0, 0.05) is 22.6 Å². The van der Waals surface area contributed by atoms with Crippen LogP contribution in [0.2, 0.25) is 0 Å². The molecule has 1 saturated carbocycles. The predicted octanol–water partition coefficient (Wildman–Crippen LogP) is 3.07. The maximum atomic E-state index is 12.1. The minimum Gasteiger partial charge on any atom is -0.336 e. The van der Waals surface area contributed by atoms with E-state index in [-0.39, 0.29) is 5.91 Å². The average molecular weight is 268 g/mol. The number of rotatable bonds is 3. The van der Waals surface area contributed by atoms with Gasteiger partial charge in [-0.15, -0.1) is 0 Å². The monoisotopic (exact) mass is 267 g/mol. The van der Waals surface area contributed by atoms with Crippen molar-refractivity contribution in [1.29, 1.82) is 0 Å². The van der Waals surface area contributed by atoms with Gasteiger partial charge in [-0.25, -0.2) is 0 Å². The molecule has 3 heteroatoms. The zero-order chi connectivity index (χ0) is 10.8. The van der Waals surface area contributed by atoms with Gasteiger partial charge in [0.15, 0.2) is 0 Å². The molecule has 0 aromatic heterocycles. The van der Waals surface area contributed by atoms with Gasteiger partial charge in [0.1, 0.15) is 0 Å². The molecule has 2 rings (SSSR count). The van der Waals surface area contributed by atoms with Gasteiger partial charge in [0.25, 0.3) is 5.91 Å². The van der Waals surface area contributed by atoms with E-state index in [1.165, 1.54) is 0 Å². The van der Waals surface area contributed by atoms with E-state index in [1.54, 1.807) is 0 Å². The van der Waals surface area contributed by atoms with Gasteiger partial charge < -0.3 is 4.90 Å². The fourth-order valence-electron chi connectivity index (χ4n) is 1.74. The number of carbonyl (C=O) groups excluding carboxylic acids is 1. The lowest BCUT2D eigenvalue weighted by Crippen LogP contribution is -2.32. The number of hydrogen-bond acceptors (Lipinski definition) is 1. The van der Waals surface area contributed by atoms with Crippen LogP contribution in [-0.4, -0.2) is 23.4 Å². The Labute approximate surface area is 98.4 Å². The normalized spacial score (nSPS) is 15.1. The van der Waals surface area contributed by atoms with Gasteiger partial charge >= 0.3 is 0 Å². The summed E-state index contributed by atoms with van der Waals surface area (Å²) < 4.78 is 0.959. The molecule has 0 aliphatic heterocycles. The minimum atomic E-state index is 0.154. The third-order valence-electron chi connectivity index (χ3n) is 2.66. The van der Waals surface area contributed by atoms with E-state index in [9.17, 15) is 4.79 Å². The molecule has 0 N–H and O–H groups in total. The van der Waals surface area contributed by atoms with Crippen LogP contribution in [0.4, 0.5) is 0 Å². The summed E-state index contributed by atoms with van der Waals surface area (Å²) in [4.78, 5) is 14.1. The topological polar surface area (TPSA) is 20.3 Å². The summed E-state index contributed by atoms with van der Waals surface area (Å²) >= 11 is 3.38. The summed E-state index contributed by atoms with van der Waals surface area (Å²) in [5.41, 5.74) is 0.776. The van der Waals surface area contributed by atoms with E-state index in [4.69, 9.17) is 0 Å². The average Bonchev–Trinajstić information content (AvgIpc) is 3.03. The first-order chi connectivity index (χ1) is 7.22. The first kappa shape index (κ1) is 10.7. The number of nitrogens with zero attached hydrogens (tertiary/aromatic N) is 1. The Bertz CT molecular complexity index is 374. The van der Waals surface area contributed by atoms with Crippen LogP contribution in [-0.2, 0) is 0 Å². The van der Waals surface area contributed by atoms with Crippen molar-refractivity contribution in [3.63, 3.8) is 0 Å². The van der Waals surface area contributed by atoms with Crippen molar-refractivity contribution in [2.75, 3.05) is 6.54 Å². The molecule has 1 aromatic rings. The minimum absolute atomic E-state index is 0.154. The molecule has 0 bridgehead atoms. The molecule has 1 aliphatic rings. The number of carbonyl (C=O) groups is 1. The molecule has 1 amide bonds. The van der Waals surface area contributed by atoms with E-state index in [1.807, 2.05) is 36.1 Å². The fraction of sp³-hybridized carbons (Fsp3) is 0.417. The summed E-state index contributed by atoms with van der Waals surface area (Å²) in [5.74, 6) is 0.154. The predicted molar refractivity (Wildman–Crippen MR) is 63.9 cm³/mol. The summed E-state index contributed by atoms with van der Waals surface area (Å²) in [5, 5.41) is 0. The van der Waals surface area contributed by atoms with Crippen LogP contribution in [0.3, 0.4) is 0 Å². The van der Waals surface area contributed by atoms with Gasteiger partial charge in [-0.1, -0.05) is 22.0 Å². The molecule has 2 nitrogen and oxygen atoms in total. The Morgan fingerprint density at radius 3 is 2.80 bits per heavy atom. The SMILES string of the molecule is CCN(C(=O)c1cccc(Br)c1)C1CC1. The van der Waals surface area contributed by atoms with Gasteiger partial charge in [-0.3, -0.25) is 4.79 Å². The van der Waals surface area contributed by atoms with Gasteiger partial charge in [0.2, 0.25) is 0 Å². The van der Waals surface area contributed by atoms with Crippen LogP contribution in [0.25, 0.3) is 0 Å². The van der Waals surface area contributed by atoms with Gasteiger partial charge in [-0.2, -0.15) is 0 Å². The lowest BCUT2D eigenvalue weighted by atomic mass is 10.2. The summed E-state index contributed by atoms with van der Waals surface area (Å²) in [6.45, 7) is 2.84. The Morgan fingerprint density at radius 1 is 1.53 bits per heavy atom. The lowest BCUT2D eigenvalue weighted by molar-refractivity contribution is 0.0752. The molecule has 0 saturated heterocycles. The Hall–Kier alpha value is -0.830. The molecule has 15 heavy (non-hydrogen) atoms. The molecule has 0 unspecified atom stereocenters. The quantitative estimate of drug-likeness (QED) is 0.825.